The largest absolute Gasteiger partial charge is 0.453 e. The van der Waals surface area contributed by atoms with Gasteiger partial charge >= 0.3 is 39.0 Å². The molecular weight excluding hydrogens is 641 g/mol. The number of hydrogen-bond donors (Lipinski definition) is 2. The van der Waals surface area contributed by atoms with Crippen LogP contribution < -0.4 is 5.32 Å². The number of fused-ring (bicyclic) bond motifs is 3. The van der Waals surface area contributed by atoms with Gasteiger partial charge in [0.2, 0.25) is 5.60 Å². The van der Waals surface area contributed by atoms with Crippen molar-refractivity contribution in [2.45, 2.75) is 24.5 Å². The number of ether oxygens (including phenoxy) is 1. The summed E-state index contributed by atoms with van der Waals surface area (Å²) in [6, 6.07) is 21.4. The molecule has 0 radical (unpaired) electrons. The maximum atomic E-state index is 13.6. The van der Waals surface area contributed by atoms with Crippen LogP contribution in [0.1, 0.15) is 33.6 Å². The Bertz CT molecular complexity index is 1390. The summed E-state index contributed by atoms with van der Waals surface area (Å²) in [7, 11) is -10.7. The molecule has 3 saturated heterocycles. The molecule has 1 aromatic heterocycles. The average Bonchev–Trinajstić information content (AvgIpc) is 3.38. The predicted molar refractivity (Wildman–Crippen MR) is 153 cm³/mol. The van der Waals surface area contributed by atoms with Crippen molar-refractivity contribution in [1.82, 2.24) is 5.32 Å². The molecule has 236 valence electrons. The van der Waals surface area contributed by atoms with Gasteiger partial charge in [-0.2, -0.15) is 0 Å². The van der Waals surface area contributed by atoms with E-state index >= 15 is 0 Å². The number of aliphatic hydroxyl groups is 1. The molecule has 2 bridgehead atoms. The van der Waals surface area contributed by atoms with E-state index in [-0.39, 0.29) is 17.9 Å². The molecule has 1 atom stereocenters. The van der Waals surface area contributed by atoms with Gasteiger partial charge in [0.25, 0.3) is 5.91 Å². The number of thiophene rings is 1. The predicted octanol–water partition coefficient (Wildman–Crippen LogP) is 7.60. The topological polar surface area (TPSA) is 75.6 Å². The van der Waals surface area contributed by atoms with Crippen LogP contribution in [0.3, 0.4) is 0 Å². The Morgan fingerprint density at radius 3 is 1.91 bits per heavy atom. The van der Waals surface area contributed by atoms with Crippen molar-refractivity contribution < 1.29 is 49.1 Å². The fourth-order valence-corrected chi connectivity index (χ4v) is 6.54. The zero-order valence-corrected chi connectivity index (χ0v) is 25.1. The maximum Gasteiger partial charge on any atom is 0.348 e. The van der Waals surface area contributed by atoms with Crippen LogP contribution in [0.25, 0.3) is 0 Å². The van der Waals surface area contributed by atoms with E-state index in [2.05, 4.69) is 5.32 Å². The van der Waals surface area contributed by atoms with E-state index in [9.17, 15) is 39.9 Å². The van der Waals surface area contributed by atoms with Crippen molar-refractivity contribution in [2.75, 3.05) is 32.7 Å². The molecule has 3 aliphatic rings. The summed E-state index contributed by atoms with van der Waals surface area (Å²) in [5.41, 5.74) is -0.902. The third-order valence-corrected chi connectivity index (χ3v) is 8.88. The van der Waals surface area contributed by atoms with Crippen molar-refractivity contribution in [3.8, 4) is 0 Å². The second-order valence-electron chi connectivity index (χ2n) is 10.7. The SMILES string of the molecule is F[P-](F)(F)(F)(F)F.O=C(NCC[N+]12CCC(CC1)[C@@H](OC(=O)C(O)(c1ccccc1)c1ccccc1)C2)c1ccc(Cl)s1. The molecule has 43 heavy (non-hydrogen) atoms. The van der Waals surface area contributed by atoms with Gasteiger partial charge in [-0.05, 0) is 23.3 Å². The molecule has 1 amide bonds. The molecule has 3 aliphatic heterocycles. The van der Waals surface area contributed by atoms with Gasteiger partial charge in [0.1, 0.15) is 6.54 Å². The molecule has 2 N–H and O–H groups in total. The number of esters is 1. The van der Waals surface area contributed by atoms with Crippen LogP contribution in [0.4, 0.5) is 25.2 Å². The van der Waals surface area contributed by atoms with Gasteiger partial charge in [0, 0.05) is 18.8 Å². The third kappa shape index (κ3) is 9.39. The van der Waals surface area contributed by atoms with E-state index in [4.69, 9.17) is 16.3 Å². The molecule has 3 fully saturated rings. The number of hydrogen-bond acceptors (Lipinski definition) is 5. The Morgan fingerprint density at radius 1 is 0.930 bits per heavy atom. The second kappa shape index (κ2) is 11.7. The number of halogens is 7. The van der Waals surface area contributed by atoms with E-state index in [0.717, 1.165) is 37.0 Å². The van der Waals surface area contributed by atoms with E-state index in [1.54, 1.807) is 36.4 Å². The molecule has 0 spiro atoms. The number of rotatable bonds is 8. The van der Waals surface area contributed by atoms with Crippen LogP contribution in [0.2, 0.25) is 4.34 Å². The van der Waals surface area contributed by atoms with E-state index in [1.165, 1.54) is 11.3 Å². The number of piperidine rings is 3. The number of amides is 1. The minimum absolute atomic E-state index is 0.115. The molecule has 15 heteroatoms. The van der Waals surface area contributed by atoms with Gasteiger partial charge in [0.05, 0.1) is 35.4 Å². The first-order chi connectivity index (χ1) is 19.8. The zero-order chi connectivity index (χ0) is 31.6. The summed E-state index contributed by atoms with van der Waals surface area (Å²) in [6.07, 6.45) is 1.65. The zero-order valence-electron chi connectivity index (χ0n) is 22.7. The summed E-state index contributed by atoms with van der Waals surface area (Å²) in [4.78, 5) is 26.7. The Balaban J connectivity index is 0.000000541. The normalized spacial score (nSPS) is 23.3. The molecule has 0 aliphatic carbocycles. The van der Waals surface area contributed by atoms with Crippen LogP contribution in [0.15, 0.2) is 72.8 Å². The standard InChI is InChI=1S/C28H29ClN2O4S.F6P/c29-25-12-11-24(36-25)26(32)30-15-18-31-16-13-20(14-17-31)23(19-31)35-27(33)28(34,21-7-3-1-4-8-21)22-9-5-2-6-10-22;1-7(2,3,4,5)6/h1-12,20,23,34H,13-19H2;/q;-1/p+1/t20?,23-,31?;/m0./s1. The first-order valence-corrected chi connectivity index (χ1v) is 16.6. The monoisotopic (exact) mass is 670 g/mol. The minimum Gasteiger partial charge on any atom is -0.453 e. The minimum atomic E-state index is -10.7. The first-order valence-electron chi connectivity index (χ1n) is 13.3. The smallest absolute Gasteiger partial charge is 0.348 e. The molecule has 2 aromatic carbocycles. The number of carbonyl (C=O) groups is 2. The summed E-state index contributed by atoms with van der Waals surface area (Å²) in [5, 5.41) is 14.8. The van der Waals surface area contributed by atoms with Crippen molar-refractivity contribution >= 4 is 42.6 Å². The van der Waals surface area contributed by atoms with Gasteiger partial charge in [-0.1, -0.05) is 72.3 Å². The van der Waals surface area contributed by atoms with E-state index in [1.807, 2.05) is 36.4 Å². The quantitative estimate of drug-likeness (QED) is 0.112. The average molecular weight is 671 g/mol. The number of nitrogens with one attached hydrogen (secondary N) is 1. The third-order valence-electron chi connectivity index (χ3n) is 7.65. The molecule has 3 aromatic rings. The van der Waals surface area contributed by atoms with Crippen LogP contribution in [0, 0.1) is 5.92 Å². The van der Waals surface area contributed by atoms with Gasteiger partial charge in [-0.25, -0.2) is 4.79 Å². The first kappa shape index (κ1) is 33.2. The second-order valence-corrected chi connectivity index (χ2v) is 14.4. The summed E-state index contributed by atoms with van der Waals surface area (Å²) in [5.74, 6) is -0.469. The van der Waals surface area contributed by atoms with Crippen LogP contribution in [-0.4, -0.2) is 60.3 Å². The molecule has 6 nitrogen and oxygen atoms in total. The van der Waals surface area contributed by atoms with Crippen molar-refractivity contribution in [1.29, 1.82) is 0 Å². The maximum absolute atomic E-state index is 13.6. The Kier molecular flexibility index (Phi) is 9.01. The van der Waals surface area contributed by atoms with Crippen molar-refractivity contribution in [3.63, 3.8) is 0 Å². The van der Waals surface area contributed by atoms with Gasteiger partial charge in [0.15, 0.2) is 6.10 Å². The molecule has 0 saturated carbocycles. The summed E-state index contributed by atoms with van der Waals surface area (Å²) >= 11 is 7.22. The molecule has 6 rings (SSSR count). The fourth-order valence-electron chi connectivity index (χ4n) is 5.58. The number of nitrogens with zero attached hydrogens (tertiary/aromatic N) is 1. The summed E-state index contributed by atoms with van der Waals surface area (Å²) < 4.78 is 66.7. The van der Waals surface area contributed by atoms with Crippen molar-refractivity contribution in [2.24, 2.45) is 5.92 Å². The number of quaternary nitrogens is 1. The Labute approximate surface area is 253 Å². The Morgan fingerprint density at radius 2 is 1.44 bits per heavy atom. The van der Waals surface area contributed by atoms with Crippen LogP contribution in [-0.2, 0) is 15.1 Å². The Hall–Kier alpha value is -2.70. The van der Waals surface area contributed by atoms with Gasteiger partial charge < -0.3 is 19.6 Å². The molecule has 0 unspecified atom stereocenters. The number of carbonyl (C=O) groups excluding carboxylic acids is 2. The molecular formula is C28H30ClF6N2O4PS. The summed E-state index contributed by atoms with van der Waals surface area (Å²) in [6.45, 7) is 4.00. The van der Waals surface area contributed by atoms with Crippen LogP contribution in [0.5, 0.6) is 0 Å². The van der Waals surface area contributed by atoms with E-state index in [0.29, 0.717) is 33.4 Å². The van der Waals surface area contributed by atoms with Gasteiger partial charge in [-0.3, -0.25) is 4.79 Å². The molecule has 4 heterocycles. The fraction of sp³-hybridized carbons (Fsp3) is 0.357. The van der Waals surface area contributed by atoms with E-state index < -0.39 is 19.4 Å². The van der Waals surface area contributed by atoms with Gasteiger partial charge in [-0.15, -0.1) is 11.3 Å². The van der Waals surface area contributed by atoms with Crippen molar-refractivity contribution in [3.05, 3.63) is 93.1 Å². The number of benzene rings is 2. The van der Waals surface area contributed by atoms with Crippen LogP contribution >= 0.6 is 30.7 Å².